The Morgan fingerprint density at radius 3 is 2.41 bits per heavy atom. The molecule has 2 aromatic carbocycles. The molecule has 2 bridgehead atoms. The van der Waals surface area contributed by atoms with Crippen LogP contribution >= 0.6 is 0 Å². The highest BCUT2D eigenvalue weighted by Gasteiger charge is 2.29. The molecule has 0 saturated heterocycles. The van der Waals surface area contributed by atoms with E-state index in [2.05, 4.69) is 10.6 Å². The van der Waals surface area contributed by atoms with Crippen LogP contribution < -0.4 is 21.1 Å². The van der Waals surface area contributed by atoms with Gasteiger partial charge in [-0.1, -0.05) is 42.9 Å². The highest BCUT2D eigenvalue weighted by atomic mass is 16.6. The van der Waals surface area contributed by atoms with Crippen LogP contribution in [0.3, 0.4) is 0 Å². The fraction of sp³-hybridized carbons (Fsp3) is 0.361. The molecular weight excluding hydrogens is 634 g/mol. The number of aliphatic hydroxyl groups is 1. The van der Waals surface area contributed by atoms with Crippen LogP contribution in [0.1, 0.15) is 50.0 Å². The van der Waals surface area contributed by atoms with E-state index in [0.717, 1.165) is 6.07 Å². The molecule has 3 amide bonds. The highest BCUT2D eigenvalue weighted by molar-refractivity contribution is 6.09. The van der Waals surface area contributed by atoms with Crippen molar-refractivity contribution in [3.8, 4) is 17.2 Å². The number of aromatic hydroxyl groups is 2. The van der Waals surface area contributed by atoms with Crippen LogP contribution in [0.15, 0.2) is 71.4 Å². The third-order valence-electron chi connectivity index (χ3n) is 8.07. The van der Waals surface area contributed by atoms with Crippen LogP contribution in [0.2, 0.25) is 0 Å². The fourth-order valence-electron chi connectivity index (χ4n) is 5.36. The second kappa shape index (κ2) is 17.3. The van der Waals surface area contributed by atoms with Crippen LogP contribution in [0.4, 0.5) is 16.2 Å². The Hall–Kier alpha value is -5.11. The van der Waals surface area contributed by atoms with Crippen molar-refractivity contribution < 1.29 is 48.7 Å². The first-order valence-electron chi connectivity index (χ1n) is 15.5. The zero-order valence-corrected chi connectivity index (χ0v) is 28.6. The number of benzene rings is 2. The first-order chi connectivity index (χ1) is 23.2. The lowest BCUT2D eigenvalue weighted by Crippen LogP contribution is -2.36. The Morgan fingerprint density at radius 1 is 1.06 bits per heavy atom. The molecule has 0 aliphatic carbocycles. The van der Waals surface area contributed by atoms with E-state index in [-0.39, 0.29) is 34.5 Å². The average molecular weight is 680 g/mol. The number of phenolic OH excluding ortho intramolecular Hbond substituents is 2. The number of phenols is 2. The third-order valence-corrected chi connectivity index (χ3v) is 8.07. The van der Waals surface area contributed by atoms with E-state index in [0.29, 0.717) is 16.9 Å². The summed E-state index contributed by atoms with van der Waals surface area (Å²) in [6, 6.07) is 7.50. The van der Waals surface area contributed by atoms with Gasteiger partial charge in [0, 0.05) is 42.9 Å². The van der Waals surface area contributed by atoms with E-state index in [1.54, 1.807) is 51.1 Å². The predicted octanol–water partition coefficient (Wildman–Crippen LogP) is 5.04. The maximum Gasteiger partial charge on any atom is 0.405 e. The van der Waals surface area contributed by atoms with Crippen molar-refractivity contribution in [1.29, 1.82) is 0 Å². The Morgan fingerprint density at radius 2 is 1.78 bits per heavy atom. The number of fused-ring (bicyclic) bond motifs is 2. The van der Waals surface area contributed by atoms with E-state index in [4.69, 9.17) is 24.7 Å². The Kier molecular flexibility index (Phi) is 13.6. The number of aliphatic hydroxyl groups excluding tert-OH is 1. The van der Waals surface area contributed by atoms with Crippen molar-refractivity contribution in [2.24, 2.45) is 11.7 Å². The number of primary amides is 1. The number of hydrogen-bond donors (Lipinski definition) is 6. The zero-order chi connectivity index (χ0) is 36.4. The van der Waals surface area contributed by atoms with Crippen molar-refractivity contribution in [2.75, 3.05) is 32.0 Å². The molecule has 1 aliphatic rings. The van der Waals surface area contributed by atoms with E-state index in [9.17, 15) is 29.7 Å². The molecule has 5 atom stereocenters. The van der Waals surface area contributed by atoms with Gasteiger partial charge in [-0.2, -0.15) is 0 Å². The molecule has 1 heterocycles. The first kappa shape index (κ1) is 38.3. The average Bonchev–Trinajstić information content (AvgIpc) is 3.07. The van der Waals surface area contributed by atoms with E-state index >= 15 is 0 Å². The minimum Gasteiger partial charge on any atom is -0.506 e. The third kappa shape index (κ3) is 9.95. The number of hydrogen-bond acceptors (Lipinski definition) is 10. The van der Waals surface area contributed by atoms with Gasteiger partial charge in [0.05, 0.1) is 30.7 Å². The molecule has 13 nitrogen and oxygen atoms in total. The number of ether oxygens (including phenoxy) is 4. The van der Waals surface area contributed by atoms with Crippen molar-refractivity contribution in [3.63, 3.8) is 0 Å². The van der Waals surface area contributed by atoms with Gasteiger partial charge in [-0.05, 0) is 57.0 Å². The van der Waals surface area contributed by atoms with Gasteiger partial charge in [-0.15, -0.1) is 0 Å². The fourth-order valence-corrected chi connectivity index (χ4v) is 5.36. The number of carbonyl (C=O) groups excluding carboxylic acids is 3. The number of nitrogens with two attached hydrogens (primary N) is 1. The van der Waals surface area contributed by atoms with Gasteiger partial charge in [0.2, 0.25) is 0 Å². The van der Waals surface area contributed by atoms with Gasteiger partial charge in [-0.3, -0.25) is 9.59 Å². The van der Waals surface area contributed by atoms with Crippen molar-refractivity contribution >= 4 is 35.4 Å². The quantitative estimate of drug-likeness (QED) is 0.137. The van der Waals surface area contributed by atoms with Crippen LogP contribution in [0, 0.1) is 5.92 Å². The first-order valence-corrected chi connectivity index (χ1v) is 15.5. The largest absolute Gasteiger partial charge is 0.506 e. The van der Waals surface area contributed by atoms with E-state index < -0.39 is 59.7 Å². The minimum absolute atomic E-state index is 0.00556. The van der Waals surface area contributed by atoms with Gasteiger partial charge in [-0.25, -0.2) is 4.79 Å². The number of carbonyl (C=O) groups is 3. The summed E-state index contributed by atoms with van der Waals surface area (Å²) >= 11 is 0. The molecule has 3 rings (SSSR count). The molecule has 7 N–H and O–H groups in total. The molecule has 0 saturated carbocycles. The van der Waals surface area contributed by atoms with Gasteiger partial charge in [0.15, 0.2) is 6.10 Å². The summed E-state index contributed by atoms with van der Waals surface area (Å²) < 4.78 is 21.8. The van der Waals surface area contributed by atoms with Crippen molar-refractivity contribution in [3.05, 3.63) is 82.5 Å². The molecular formula is C36H45N3O10. The summed E-state index contributed by atoms with van der Waals surface area (Å²) in [5.74, 6) is -2.13. The molecule has 13 heteroatoms. The lowest BCUT2D eigenvalue weighted by Gasteiger charge is -2.28. The normalized spacial score (nSPS) is 25.4. The van der Waals surface area contributed by atoms with Gasteiger partial charge in [0.1, 0.15) is 23.4 Å². The summed E-state index contributed by atoms with van der Waals surface area (Å²) in [6.45, 7) is 6.74. The minimum atomic E-state index is -1.05. The lowest BCUT2D eigenvalue weighted by atomic mass is 9.91. The summed E-state index contributed by atoms with van der Waals surface area (Å²) in [4.78, 5) is 38.3. The Bertz CT molecular complexity index is 1660. The Labute approximate surface area is 285 Å². The number of amides is 3. The number of methoxy groups -OCH3 is 3. The van der Waals surface area contributed by atoms with E-state index in [1.807, 2.05) is 0 Å². The summed E-state index contributed by atoms with van der Waals surface area (Å²) in [5, 5.41) is 39.2. The van der Waals surface area contributed by atoms with E-state index in [1.165, 1.54) is 52.5 Å². The van der Waals surface area contributed by atoms with Crippen molar-refractivity contribution in [1.82, 2.24) is 0 Å². The van der Waals surface area contributed by atoms with Crippen LogP contribution in [-0.4, -0.2) is 79.0 Å². The number of rotatable bonds is 6. The molecule has 49 heavy (non-hydrogen) atoms. The molecule has 1 aliphatic heterocycles. The standard InChI is InChI=1S/C36H45N3O10/c1-19-14-25-30(39-35(44)23-11-9-12-24(17-23)46-5)27(40)18-26(32(25)42)38-34(43)20(2)10-8-13-28(47-6)33(49-36(37)45)22(4)16-21(3)31(41)29(15-19)48-7/h8-14,16-18,21,28-29,31,33,40-42H,15H2,1-7H3,(H2,37,45)(H,38,43)(H,39,44)/b13-8?,19-14+,20-10+,22-16+/t21-,28-,29-,31+,33-/m0/s1. The summed E-state index contributed by atoms with van der Waals surface area (Å²) in [5.41, 5.74) is 6.70. The summed E-state index contributed by atoms with van der Waals surface area (Å²) in [6.07, 6.45) is 3.40. The monoisotopic (exact) mass is 679 g/mol. The molecule has 0 aromatic heterocycles. The van der Waals surface area contributed by atoms with Crippen molar-refractivity contribution in [2.45, 2.75) is 58.5 Å². The lowest BCUT2D eigenvalue weighted by molar-refractivity contribution is -0.112. The molecule has 2 aromatic rings. The molecule has 0 radical (unpaired) electrons. The maximum absolute atomic E-state index is 13.3. The Balaban J connectivity index is 2.18. The summed E-state index contributed by atoms with van der Waals surface area (Å²) in [7, 11) is 4.33. The smallest absolute Gasteiger partial charge is 0.405 e. The predicted molar refractivity (Wildman–Crippen MR) is 185 cm³/mol. The van der Waals surface area contributed by atoms with Crippen LogP contribution in [-0.2, 0) is 19.0 Å². The maximum atomic E-state index is 13.3. The molecule has 264 valence electrons. The highest BCUT2D eigenvalue weighted by Crippen LogP contribution is 2.42. The number of nitrogens with one attached hydrogen (secondary N) is 2. The number of allylic oxidation sites excluding steroid dienone is 2. The van der Waals surface area contributed by atoms with Crippen LogP contribution in [0.5, 0.6) is 17.2 Å². The molecule has 0 unspecified atom stereocenters. The van der Waals surface area contributed by atoms with Gasteiger partial charge >= 0.3 is 6.09 Å². The van der Waals surface area contributed by atoms with Crippen LogP contribution in [0.25, 0.3) is 6.08 Å². The number of anilines is 2. The topological polar surface area (TPSA) is 199 Å². The zero-order valence-electron chi connectivity index (χ0n) is 28.6. The van der Waals surface area contributed by atoms with Gasteiger partial charge < -0.3 is 50.6 Å². The molecule has 0 spiro atoms. The second-order valence-electron chi connectivity index (χ2n) is 11.7. The SMILES string of the molecule is COc1cccc(C(=O)Nc2c(O)cc3c(O)c2/C=C(\C)C[C@H](OC)[C@H](O)[C@@H](C)/C=C(\C)[C@H](OC(N)=O)[C@@H](OC)C=C/C=C(\C)C(=O)N3)c1. The second-order valence-corrected chi connectivity index (χ2v) is 11.7. The van der Waals surface area contributed by atoms with Gasteiger partial charge in [0.25, 0.3) is 11.8 Å². The molecule has 0 fully saturated rings.